The van der Waals surface area contributed by atoms with E-state index in [0.717, 1.165) is 6.26 Å². The minimum Gasteiger partial charge on any atom is -0.326 e. The largest absolute Gasteiger partial charge is 0.326 e. The van der Waals surface area contributed by atoms with Crippen molar-refractivity contribution in [2.24, 2.45) is 5.73 Å². The van der Waals surface area contributed by atoms with Crippen LogP contribution in [0.15, 0.2) is 29.2 Å². The maximum atomic E-state index is 11.7. The molecular formula is C8H12N2O4S2. The fourth-order valence-electron chi connectivity index (χ4n) is 1.18. The first kappa shape index (κ1) is 13.1. The molecule has 0 saturated carbocycles. The van der Waals surface area contributed by atoms with Crippen LogP contribution in [0.5, 0.6) is 0 Å². The second kappa shape index (κ2) is 4.50. The molecule has 0 fully saturated rings. The molecule has 0 heterocycles. The van der Waals surface area contributed by atoms with Crippen LogP contribution in [0.25, 0.3) is 0 Å². The summed E-state index contributed by atoms with van der Waals surface area (Å²) in [5, 5.41) is 0. The second-order valence-electron chi connectivity index (χ2n) is 3.17. The average Bonchev–Trinajstić information content (AvgIpc) is 2.14. The lowest BCUT2D eigenvalue weighted by atomic mass is 10.2. The predicted molar refractivity (Wildman–Crippen MR) is 59.5 cm³/mol. The summed E-state index contributed by atoms with van der Waals surface area (Å²) in [7, 11) is -7.91. The molecule has 8 heteroatoms. The van der Waals surface area contributed by atoms with Crippen LogP contribution in [0.4, 0.5) is 0 Å². The zero-order valence-electron chi connectivity index (χ0n) is 8.54. The van der Waals surface area contributed by atoms with Crippen molar-refractivity contribution >= 4 is 20.0 Å². The monoisotopic (exact) mass is 264 g/mol. The first-order chi connectivity index (χ1) is 7.26. The van der Waals surface area contributed by atoms with E-state index in [2.05, 4.69) is 0 Å². The topological polar surface area (TPSA) is 106 Å². The number of hydrogen-bond acceptors (Lipinski definition) is 5. The molecule has 0 aliphatic carbocycles. The van der Waals surface area contributed by atoms with Gasteiger partial charge < -0.3 is 5.73 Å². The van der Waals surface area contributed by atoms with E-state index in [1.165, 1.54) is 18.2 Å². The third-order valence-corrected chi connectivity index (χ3v) is 4.81. The van der Waals surface area contributed by atoms with Gasteiger partial charge in [-0.2, -0.15) is 0 Å². The first-order valence-electron chi connectivity index (χ1n) is 4.28. The highest BCUT2D eigenvalue weighted by molar-refractivity contribution is 8.04. The number of nitrogens with two attached hydrogens (primary N) is 1. The molecule has 1 aromatic carbocycles. The van der Waals surface area contributed by atoms with Gasteiger partial charge in [0.1, 0.15) is 0 Å². The van der Waals surface area contributed by atoms with E-state index in [0.29, 0.717) is 5.56 Å². The molecule has 3 N–H and O–H groups in total. The summed E-state index contributed by atoms with van der Waals surface area (Å²) in [6.07, 6.45) is 0.773. The van der Waals surface area contributed by atoms with E-state index in [9.17, 15) is 16.8 Å². The van der Waals surface area contributed by atoms with Crippen LogP contribution in [0, 0.1) is 0 Å². The summed E-state index contributed by atoms with van der Waals surface area (Å²) >= 11 is 0. The Morgan fingerprint density at radius 3 is 2.25 bits per heavy atom. The van der Waals surface area contributed by atoms with Gasteiger partial charge in [0, 0.05) is 6.54 Å². The van der Waals surface area contributed by atoms with Gasteiger partial charge in [-0.25, -0.2) is 16.8 Å². The number of nitrogens with one attached hydrogen (secondary N) is 1. The third-order valence-electron chi connectivity index (χ3n) is 1.74. The van der Waals surface area contributed by atoms with Gasteiger partial charge in [0.25, 0.3) is 10.0 Å². The Kier molecular flexibility index (Phi) is 3.68. The minimum absolute atomic E-state index is 0.0147. The molecule has 16 heavy (non-hydrogen) atoms. The fourth-order valence-corrected chi connectivity index (χ4v) is 3.89. The maximum absolute atomic E-state index is 11.7. The lowest BCUT2D eigenvalue weighted by molar-refractivity contribution is 0.579. The molecule has 90 valence electrons. The SMILES string of the molecule is CS(=O)(=O)NS(=O)(=O)c1ccccc1CN. The van der Waals surface area contributed by atoms with Gasteiger partial charge in [0.2, 0.25) is 10.0 Å². The van der Waals surface area contributed by atoms with Gasteiger partial charge in [-0.1, -0.05) is 18.2 Å². The number of hydrogen-bond donors (Lipinski definition) is 2. The highest BCUT2D eigenvalue weighted by Crippen LogP contribution is 2.14. The zero-order chi connectivity index (χ0) is 12.4. The number of rotatable bonds is 4. The quantitative estimate of drug-likeness (QED) is 0.754. The highest BCUT2D eigenvalue weighted by atomic mass is 32.3. The molecule has 1 rings (SSSR count). The highest BCUT2D eigenvalue weighted by Gasteiger charge is 2.21. The number of sulfonamides is 2. The Hall–Kier alpha value is -0.960. The van der Waals surface area contributed by atoms with Gasteiger partial charge in [-0.3, -0.25) is 0 Å². The fraction of sp³-hybridized carbons (Fsp3) is 0.250. The standard InChI is InChI=1S/C8H12N2O4S2/c1-15(11,12)10-16(13,14)8-5-3-2-4-7(8)6-9/h2-5,10H,6,9H2,1H3. The summed E-state index contributed by atoms with van der Waals surface area (Å²) in [5.74, 6) is 0. The minimum atomic E-state index is -4.08. The molecule has 0 aliphatic heterocycles. The molecule has 0 spiro atoms. The van der Waals surface area contributed by atoms with Gasteiger partial charge >= 0.3 is 0 Å². The van der Waals surface area contributed by atoms with Crippen LogP contribution in [-0.2, 0) is 26.6 Å². The van der Waals surface area contributed by atoms with Crippen LogP contribution in [-0.4, -0.2) is 23.1 Å². The Morgan fingerprint density at radius 2 is 1.75 bits per heavy atom. The van der Waals surface area contributed by atoms with Crippen molar-refractivity contribution in [3.8, 4) is 0 Å². The van der Waals surface area contributed by atoms with Gasteiger partial charge in [-0.05, 0) is 11.6 Å². The summed E-state index contributed by atoms with van der Waals surface area (Å²) in [4.78, 5) is -0.122. The van der Waals surface area contributed by atoms with Crippen molar-refractivity contribution < 1.29 is 16.8 Å². The molecule has 0 amide bonds. The molecule has 0 unspecified atom stereocenters. The van der Waals surface area contributed by atoms with Gasteiger partial charge in [0.05, 0.1) is 11.2 Å². The molecule has 0 aromatic heterocycles. The van der Waals surface area contributed by atoms with E-state index in [1.807, 2.05) is 0 Å². The van der Waals surface area contributed by atoms with Gasteiger partial charge in [0.15, 0.2) is 0 Å². The average molecular weight is 264 g/mol. The lowest BCUT2D eigenvalue weighted by Gasteiger charge is -2.08. The molecule has 0 saturated heterocycles. The lowest BCUT2D eigenvalue weighted by Crippen LogP contribution is -2.30. The second-order valence-corrected chi connectivity index (χ2v) is 6.83. The van der Waals surface area contributed by atoms with Crippen molar-refractivity contribution in [3.05, 3.63) is 29.8 Å². The van der Waals surface area contributed by atoms with Crippen molar-refractivity contribution in [1.29, 1.82) is 0 Å². The molecule has 0 aliphatic rings. The Morgan fingerprint density at radius 1 is 1.19 bits per heavy atom. The Labute approximate surface area is 94.6 Å². The summed E-state index contributed by atoms with van der Waals surface area (Å²) in [6, 6.07) is 5.95. The molecular weight excluding hydrogens is 252 g/mol. The summed E-state index contributed by atoms with van der Waals surface area (Å²) in [5.41, 5.74) is 5.73. The summed E-state index contributed by atoms with van der Waals surface area (Å²) in [6.45, 7) is 0.0147. The van der Waals surface area contributed by atoms with Crippen molar-refractivity contribution in [3.63, 3.8) is 0 Å². The smallest absolute Gasteiger partial charge is 0.253 e. The van der Waals surface area contributed by atoms with Crippen LogP contribution < -0.4 is 9.86 Å². The van der Waals surface area contributed by atoms with E-state index in [-0.39, 0.29) is 11.4 Å². The Bertz CT molecular complexity index is 578. The van der Waals surface area contributed by atoms with Crippen LogP contribution in [0.3, 0.4) is 0 Å². The Balaban J connectivity index is 3.28. The van der Waals surface area contributed by atoms with E-state index in [1.54, 1.807) is 10.2 Å². The maximum Gasteiger partial charge on any atom is 0.253 e. The molecule has 6 nitrogen and oxygen atoms in total. The van der Waals surface area contributed by atoms with E-state index < -0.39 is 20.0 Å². The molecule has 0 bridgehead atoms. The molecule has 0 radical (unpaired) electrons. The molecule has 0 atom stereocenters. The molecule has 1 aromatic rings. The zero-order valence-corrected chi connectivity index (χ0v) is 10.2. The normalized spacial score (nSPS) is 12.6. The van der Waals surface area contributed by atoms with Crippen LogP contribution in [0.2, 0.25) is 0 Å². The first-order valence-corrected chi connectivity index (χ1v) is 7.65. The number of benzene rings is 1. The third kappa shape index (κ3) is 3.27. The van der Waals surface area contributed by atoms with Crippen LogP contribution >= 0.6 is 0 Å². The van der Waals surface area contributed by atoms with Gasteiger partial charge in [-0.15, -0.1) is 4.13 Å². The van der Waals surface area contributed by atoms with Crippen molar-refractivity contribution in [2.75, 3.05) is 6.26 Å². The predicted octanol–water partition coefficient (Wildman–Crippen LogP) is -0.617. The van der Waals surface area contributed by atoms with Crippen molar-refractivity contribution in [1.82, 2.24) is 4.13 Å². The van der Waals surface area contributed by atoms with Crippen molar-refractivity contribution in [2.45, 2.75) is 11.4 Å². The van der Waals surface area contributed by atoms with Crippen LogP contribution in [0.1, 0.15) is 5.56 Å². The van der Waals surface area contributed by atoms with E-state index in [4.69, 9.17) is 5.73 Å². The summed E-state index contributed by atoms with van der Waals surface area (Å²) < 4.78 is 46.7. The van der Waals surface area contributed by atoms with E-state index >= 15 is 0 Å².